The molecule has 0 aliphatic carbocycles. The van der Waals surface area contributed by atoms with Gasteiger partial charge in [-0.1, -0.05) is 6.92 Å². The highest BCUT2D eigenvalue weighted by Gasteiger charge is 2.30. The van der Waals surface area contributed by atoms with E-state index < -0.39 is 18.7 Å². The number of aromatic nitrogens is 1. The lowest BCUT2D eigenvalue weighted by molar-refractivity contribution is -0.154. The van der Waals surface area contributed by atoms with Crippen LogP contribution in [-0.4, -0.2) is 42.8 Å². The van der Waals surface area contributed by atoms with E-state index in [-0.39, 0.29) is 17.5 Å². The van der Waals surface area contributed by atoms with Crippen LogP contribution in [0.5, 0.6) is 5.88 Å². The zero-order valence-electron chi connectivity index (χ0n) is 12.1. The first kappa shape index (κ1) is 16.5. The van der Waals surface area contributed by atoms with Crippen molar-refractivity contribution in [2.24, 2.45) is 5.92 Å². The summed E-state index contributed by atoms with van der Waals surface area (Å²) in [5, 5.41) is 5.99. The zero-order chi connectivity index (χ0) is 16.2. The van der Waals surface area contributed by atoms with Crippen LogP contribution in [0, 0.1) is 5.92 Å². The van der Waals surface area contributed by atoms with Crippen molar-refractivity contribution in [1.82, 2.24) is 15.6 Å². The van der Waals surface area contributed by atoms with Crippen LogP contribution in [-0.2, 0) is 0 Å². The number of carbonyl (C=O) groups is 1. The van der Waals surface area contributed by atoms with Gasteiger partial charge in [-0.3, -0.25) is 4.79 Å². The van der Waals surface area contributed by atoms with Crippen molar-refractivity contribution >= 4 is 5.91 Å². The van der Waals surface area contributed by atoms with E-state index in [1.807, 2.05) is 6.92 Å². The number of piperidine rings is 1. The Hall–Kier alpha value is -1.83. The molecule has 2 atom stereocenters. The standard InChI is InChI=1S/C14H18F3N3O2/c1-9-4-6-18-7-11(9)20-12(21)10-3-2-5-19-13(10)22-8-14(15,16)17/h2-3,5,9,11,18H,4,6-8H2,1H3,(H,20,21). The van der Waals surface area contributed by atoms with Gasteiger partial charge in [-0.15, -0.1) is 0 Å². The highest BCUT2D eigenvalue weighted by molar-refractivity contribution is 5.96. The molecule has 2 unspecified atom stereocenters. The second kappa shape index (κ2) is 6.95. The molecule has 2 N–H and O–H groups in total. The number of ether oxygens (including phenoxy) is 1. The van der Waals surface area contributed by atoms with Crippen LogP contribution in [0.2, 0.25) is 0 Å². The van der Waals surface area contributed by atoms with Gasteiger partial charge in [0.1, 0.15) is 5.56 Å². The van der Waals surface area contributed by atoms with E-state index in [0.29, 0.717) is 12.5 Å². The van der Waals surface area contributed by atoms with Crippen molar-refractivity contribution < 1.29 is 22.7 Å². The molecule has 22 heavy (non-hydrogen) atoms. The number of alkyl halides is 3. The Morgan fingerprint density at radius 3 is 3.00 bits per heavy atom. The van der Waals surface area contributed by atoms with Crippen molar-refractivity contribution in [3.8, 4) is 5.88 Å². The minimum Gasteiger partial charge on any atom is -0.467 e. The molecule has 1 aromatic heterocycles. The summed E-state index contributed by atoms with van der Waals surface area (Å²) in [4.78, 5) is 16.0. The average molecular weight is 317 g/mol. The maximum Gasteiger partial charge on any atom is 0.422 e. The molecule has 5 nitrogen and oxygen atoms in total. The summed E-state index contributed by atoms with van der Waals surface area (Å²) >= 11 is 0. The van der Waals surface area contributed by atoms with Crippen LogP contribution in [0.3, 0.4) is 0 Å². The van der Waals surface area contributed by atoms with Gasteiger partial charge >= 0.3 is 6.18 Å². The molecule has 2 heterocycles. The molecule has 0 bridgehead atoms. The number of amides is 1. The Morgan fingerprint density at radius 2 is 2.32 bits per heavy atom. The zero-order valence-corrected chi connectivity index (χ0v) is 12.1. The quantitative estimate of drug-likeness (QED) is 0.888. The molecule has 1 saturated heterocycles. The molecule has 122 valence electrons. The van der Waals surface area contributed by atoms with E-state index in [2.05, 4.69) is 20.4 Å². The molecule has 2 rings (SSSR count). The van der Waals surface area contributed by atoms with E-state index in [0.717, 1.165) is 13.0 Å². The fraction of sp³-hybridized carbons (Fsp3) is 0.571. The summed E-state index contributed by atoms with van der Waals surface area (Å²) in [5.41, 5.74) is 0.00419. The first-order chi connectivity index (χ1) is 10.4. The van der Waals surface area contributed by atoms with Gasteiger partial charge in [0, 0.05) is 18.8 Å². The SMILES string of the molecule is CC1CCNCC1NC(=O)c1cccnc1OCC(F)(F)F. The summed E-state index contributed by atoms with van der Waals surface area (Å²) < 4.78 is 41.3. The molecule has 1 amide bonds. The Morgan fingerprint density at radius 1 is 1.55 bits per heavy atom. The maximum absolute atomic E-state index is 12.3. The molecule has 0 spiro atoms. The molecule has 0 aromatic carbocycles. The normalized spacial score (nSPS) is 22.2. The number of hydrogen-bond acceptors (Lipinski definition) is 4. The summed E-state index contributed by atoms with van der Waals surface area (Å²) in [7, 11) is 0. The van der Waals surface area contributed by atoms with Crippen LogP contribution in [0.4, 0.5) is 13.2 Å². The van der Waals surface area contributed by atoms with Gasteiger partial charge in [-0.05, 0) is 31.0 Å². The van der Waals surface area contributed by atoms with Gasteiger partial charge in [-0.25, -0.2) is 4.98 Å². The molecule has 1 fully saturated rings. The maximum atomic E-state index is 12.3. The number of halogens is 3. The smallest absolute Gasteiger partial charge is 0.422 e. The van der Waals surface area contributed by atoms with Crippen LogP contribution >= 0.6 is 0 Å². The van der Waals surface area contributed by atoms with E-state index in [1.54, 1.807) is 0 Å². The van der Waals surface area contributed by atoms with Crippen molar-refractivity contribution in [2.75, 3.05) is 19.7 Å². The summed E-state index contributed by atoms with van der Waals surface area (Å²) in [6.45, 7) is 2.06. The Labute approximate surface area is 126 Å². The molecule has 8 heteroatoms. The van der Waals surface area contributed by atoms with Gasteiger partial charge < -0.3 is 15.4 Å². The molecule has 0 saturated carbocycles. The second-order valence-corrected chi connectivity index (χ2v) is 5.31. The Bertz CT molecular complexity index is 522. The number of rotatable bonds is 4. The number of hydrogen-bond donors (Lipinski definition) is 2. The minimum atomic E-state index is -4.48. The third-order valence-electron chi connectivity index (χ3n) is 3.53. The Balaban J connectivity index is 2.05. The fourth-order valence-electron chi connectivity index (χ4n) is 2.26. The highest BCUT2D eigenvalue weighted by Crippen LogP contribution is 2.20. The van der Waals surface area contributed by atoms with Crippen LogP contribution < -0.4 is 15.4 Å². The minimum absolute atomic E-state index is 0.00419. The molecule has 0 radical (unpaired) electrons. The van der Waals surface area contributed by atoms with Crippen molar-refractivity contribution in [3.05, 3.63) is 23.9 Å². The third kappa shape index (κ3) is 4.59. The molecular formula is C14H18F3N3O2. The lowest BCUT2D eigenvalue weighted by Crippen LogP contribution is -2.50. The first-order valence-corrected chi connectivity index (χ1v) is 7.03. The lowest BCUT2D eigenvalue weighted by atomic mass is 9.94. The third-order valence-corrected chi connectivity index (χ3v) is 3.53. The highest BCUT2D eigenvalue weighted by atomic mass is 19.4. The molecular weight excluding hydrogens is 299 g/mol. The summed E-state index contributed by atoms with van der Waals surface area (Å²) in [5.74, 6) is -0.499. The molecule has 1 aliphatic rings. The van der Waals surface area contributed by atoms with E-state index in [1.165, 1.54) is 18.3 Å². The fourth-order valence-corrected chi connectivity index (χ4v) is 2.26. The van der Waals surface area contributed by atoms with Gasteiger partial charge in [0.05, 0.1) is 0 Å². The predicted molar refractivity (Wildman–Crippen MR) is 73.7 cm³/mol. The van der Waals surface area contributed by atoms with E-state index in [4.69, 9.17) is 0 Å². The van der Waals surface area contributed by atoms with Crippen LogP contribution in [0.1, 0.15) is 23.7 Å². The van der Waals surface area contributed by atoms with E-state index in [9.17, 15) is 18.0 Å². The average Bonchev–Trinajstić information content (AvgIpc) is 2.47. The van der Waals surface area contributed by atoms with Gasteiger partial charge in [0.15, 0.2) is 6.61 Å². The number of nitrogens with one attached hydrogen (secondary N) is 2. The van der Waals surface area contributed by atoms with Crippen molar-refractivity contribution in [3.63, 3.8) is 0 Å². The van der Waals surface area contributed by atoms with E-state index >= 15 is 0 Å². The van der Waals surface area contributed by atoms with Crippen molar-refractivity contribution in [1.29, 1.82) is 0 Å². The number of nitrogens with zero attached hydrogens (tertiary/aromatic N) is 1. The largest absolute Gasteiger partial charge is 0.467 e. The first-order valence-electron chi connectivity index (χ1n) is 7.03. The van der Waals surface area contributed by atoms with Gasteiger partial charge in [0.2, 0.25) is 5.88 Å². The number of pyridine rings is 1. The van der Waals surface area contributed by atoms with Gasteiger partial charge in [0.25, 0.3) is 5.91 Å². The number of carbonyl (C=O) groups excluding carboxylic acids is 1. The lowest BCUT2D eigenvalue weighted by Gasteiger charge is -2.30. The predicted octanol–water partition coefficient (Wildman–Crippen LogP) is 1.75. The summed E-state index contributed by atoms with van der Waals surface area (Å²) in [6.07, 6.45) is -2.27. The Kier molecular flexibility index (Phi) is 5.23. The van der Waals surface area contributed by atoms with Crippen molar-refractivity contribution in [2.45, 2.75) is 25.6 Å². The summed E-state index contributed by atoms with van der Waals surface area (Å²) in [6, 6.07) is 2.81. The monoisotopic (exact) mass is 317 g/mol. The van der Waals surface area contributed by atoms with Crippen LogP contribution in [0.15, 0.2) is 18.3 Å². The second-order valence-electron chi connectivity index (χ2n) is 5.31. The van der Waals surface area contributed by atoms with Gasteiger partial charge in [-0.2, -0.15) is 13.2 Å². The molecule has 1 aliphatic heterocycles. The topological polar surface area (TPSA) is 63.2 Å². The van der Waals surface area contributed by atoms with Crippen LogP contribution in [0.25, 0.3) is 0 Å². The molecule has 1 aromatic rings.